The second-order valence-corrected chi connectivity index (χ2v) is 7.11. The zero-order valence-electron chi connectivity index (χ0n) is 11.9. The Bertz CT molecular complexity index is 715. The maximum Gasteiger partial charge on any atom is 0.138 e. The Morgan fingerprint density at radius 1 is 1.19 bits per heavy atom. The van der Waals surface area contributed by atoms with Gasteiger partial charge in [-0.3, -0.25) is 0 Å². The number of anilines is 1. The lowest BCUT2D eigenvalue weighted by Gasteiger charge is -2.18. The fourth-order valence-corrected chi connectivity index (χ4v) is 4.89. The Morgan fingerprint density at radius 2 is 2.10 bits per heavy atom. The van der Waals surface area contributed by atoms with Crippen LogP contribution in [0.5, 0.6) is 0 Å². The standard InChI is InChI=1S/C16H18N4S/c17-8-10-4-3-6-12(10)20-15-14-11-5-1-2-7-13(11)21-16(14)19-9-18-15/h9-10,12H,1-7H2,(H,18,19,20)/t10-,12+/m0/s1. The maximum atomic E-state index is 9.26. The van der Waals surface area contributed by atoms with Crippen LogP contribution in [-0.4, -0.2) is 16.0 Å². The van der Waals surface area contributed by atoms with Crippen LogP contribution in [0.3, 0.4) is 0 Å². The van der Waals surface area contributed by atoms with Crippen molar-refractivity contribution < 1.29 is 0 Å². The van der Waals surface area contributed by atoms with Gasteiger partial charge in [-0.05, 0) is 50.5 Å². The van der Waals surface area contributed by atoms with Crippen molar-refractivity contribution in [3.05, 3.63) is 16.8 Å². The van der Waals surface area contributed by atoms with E-state index in [9.17, 15) is 5.26 Å². The summed E-state index contributed by atoms with van der Waals surface area (Å²) in [7, 11) is 0. The molecule has 0 unspecified atom stereocenters. The molecule has 0 spiro atoms. The number of thiophene rings is 1. The highest BCUT2D eigenvalue weighted by Crippen LogP contribution is 2.39. The van der Waals surface area contributed by atoms with E-state index in [0.29, 0.717) is 0 Å². The number of hydrogen-bond acceptors (Lipinski definition) is 5. The Kier molecular flexibility index (Phi) is 3.27. The molecule has 5 heteroatoms. The minimum absolute atomic E-state index is 0.115. The topological polar surface area (TPSA) is 61.6 Å². The number of nitrogens with zero attached hydrogens (tertiary/aromatic N) is 3. The highest BCUT2D eigenvalue weighted by Gasteiger charge is 2.28. The molecule has 0 bridgehead atoms. The number of hydrogen-bond donors (Lipinski definition) is 1. The molecule has 4 rings (SSSR count). The molecule has 2 atom stereocenters. The van der Waals surface area contributed by atoms with E-state index in [1.807, 2.05) is 11.3 Å². The summed E-state index contributed by atoms with van der Waals surface area (Å²) in [5, 5.41) is 14.0. The number of aromatic nitrogens is 2. The van der Waals surface area contributed by atoms with Crippen molar-refractivity contribution >= 4 is 27.4 Å². The summed E-state index contributed by atoms with van der Waals surface area (Å²) in [5.41, 5.74) is 1.45. The molecule has 0 aromatic carbocycles. The fraction of sp³-hybridized carbons (Fsp3) is 0.562. The largest absolute Gasteiger partial charge is 0.365 e. The molecule has 2 aromatic rings. The first-order valence-electron chi connectivity index (χ1n) is 7.78. The number of nitriles is 1. The van der Waals surface area contributed by atoms with E-state index in [-0.39, 0.29) is 12.0 Å². The lowest BCUT2D eigenvalue weighted by Crippen LogP contribution is -2.23. The van der Waals surface area contributed by atoms with Crippen molar-refractivity contribution in [2.45, 2.75) is 51.0 Å². The van der Waals surface area contributed by atoms with Crippen LogP contribution >= 0.6 is 11.3 Å². The highest BCUT2D eigenvalue weighted by molar-refractivity contribution is 7.19. The number of rotatable bonds is 2. The van der Waals surface area contributed by atoms with Crippen LogP contribution in [0.2, 0.25) is 0 Å². The lowest BCUT2D eigenvalue weighted by atomic mass is 9.97. The fourth-order valence-electron chi connectivity index (χ4n) is 3.66. The van der Waals surface area contributed by atoms with Gasteiger partial charge in [0.25, 0.3) is 0 Å². The molecule has 1 N–H and O–H groups in total. The summed E-state index contributed by atoms with van der Waals surface area (Å²) in [4.78, 5) is 11.5. The van der Waals surface area contributed by atoms with E-state index >= 15 is 0 Å². The van der Waals surface area contributed by atoms with Gasteiger partial charge in [0.15, 0.2) is 0 Å². The van der Waals surface area contributed by atoms with Gasteiger partial charge in [-0.15, -0.1) is 11.3 Å². The first-order valence-corrected chi connectivity index (χ1v) is 8.60. The first kappa shape index (κ1) is 13.0. The summed E-state index contributed by atoms with van der Waals surface area (Å²) in [6, 6.07) is 2.68. The monoisotopic (exact) mass is 298 g/mol. The molecule has 0 saturated heterocycles. The molecule has 2 heterocycles. The third kappa shape index (κ3) is 2.18. The molecule has 0 amide bonds. The highest BCUT2D eigenvalue weighted by atomic mass is 32.1. The maximum absolute atomic E-state index is 9.26. The van der Waals surface area contributed by atoms with Gasteiger partial charge in [-0.2, -0.15) is 5.26 Å². The Balaban J connectivity index is 1.75. The van der Waals surface area contributed by atoms with Gasteiger partial charge in [0.05, 0.1) is 17.4 Å². The predicted molar refractivity (Wildman–Crippen MR) is 84.4 cm³/mol. The van der Waals surface area contributed by atoms with Gasteiger partial charge in [0.2, 0.25) is 0 Å². The summed E-state index contributed by atoms with van der Waals surface area (Å²) < 4.78 is 0. The summed E-state index contributed by atoms with van der Waals surface area (Å²) in [6.07, 6.45) is 9.73. The molecule has 2 aliphatic carbocycles. The van der Waals surface area contributed by atoms with Gasteiger partial charge in [-0.25, -0.2) is 9.97 Å². The molecule has 108 valence electrons. The minimum Gasteiger partial charge on any atom is -0.365 e. The van der Waals surface area contributed by atoms with Gasteiger partial charge in [0, 0.05) is 10.9 Å². The van der Waals surface area contributed by atoms with Crippen molar-refractivity contribution in [3.63, 3.8) is 0 Å². The zero-order valence-corrected chi connectivity index (χ0v) is 12.7. The van der Waals surface area contributed by atoms with E-state index in [4.69, 9.17) is 0 Å². The van der Waals surface area contributed by atoms with Crippen molar-refractivity contribution in [2.75, 3.05) is 5.32 Å². The van der Waals surface area contributed by atoms with Gasteiger partial charge in [0.1, 0.15) is 17.0 Å². The van der Waals surface area contributed by atoms with Crippen LogP contribution in [-0.2, 0) is 12.8 Å². The minimum atomic E-state index is 0.115. The van der Waals surface area contributed by atoms with E-state index in [0.717, 1.165) is 36.3 Å². The smallest absolute Gasteiger partial charge is 0.138 e. The van der Waals surface area contributed by atoms with E-state index in [1.54, 1.807) is 6.33 Å². The SMILES string of the molecule is N#C[C@@H]1CCC[C@H]1Nc1ncnc2sc3c(c12)CCCC3. The number of fused-ring (bicyclic) bond motifs is 3. The molecule has 1 fully saturated rings. The Hall–Kier alpha value is -1.67. The van der Waals surface area contributed by atoms with E-state index in [2.05, 4.69) is 21.4 Å². The second kappa shape index (κ2) is 5.27. The van der Waals surface area contributed by atoms with E-state index < -0.39 is 0 Å². The predicted octanol–water partition coefficient (Wildman–Crippen LogP) is 3.67. The average Bonchev–Trinajstić information content (AvgIpc) is 3.11. The normalized spacial score (nSPS) is 24.7. The van der Waals surface area contributed by atoms with Gasteiger partial charge < -0.3 is 5.32 Å². The molecule has 4 nitrogen and oxygen atoms in total. The number of aryl methyl sites for hydroxylation is 2. The quantitative estimate of drug-likeness (QED) is 0.918. The van der Waals surface area contributed by atoms with Crippen LogP contribution in [0.1, 0.15) is 42.5 Å². The molecular formula is C16H18N4S. The molecular weight excluding hydrogens is 280 g/mol. The first-order chi connectivity index (χ1) is 10.4. The molecule has 0 radical (unpaired) electrons. The Morgan fingerprint density at radius 3 is 3.00 bits per heavy atom. The van der Waals surface area contributed by atoms with E-state index in [1.165, 1.54) is 35.1 Å². The molecule has 2 aromatic heterocycles. The zero-order chi connectivity index (χ0) is 14.2. The van der Waals surface area contributed by atoms with Crippen LogP contribution in [0.25, 0.3) is 10.2 Å². The van der Waals surface area contributed by atoms with Gasteiger partial charge >= 0.3 is 0 Å². The molecule has 2 aliphatic rings. The lowest BCUT2D eigenvalue weighted by molar-refractivity contribution is 0.628. The second-order valence-electron chi connectivity index (χ2n) is 6.03. The van der Waals surface area contributed by atoms with Crippen LogP contribution in [0, 0.1) is 17.2 Å². The molecule has 21 heavy (non-hydrogen) atoms. The average molecular weight is 298 g/mol. The van der Waals surface area contributed by atoms with Crippen molar-refractivity contribution in [2.24, 2.45) is 5.92 Å². The summed E-state index contributed by atoms with van der Waals surface area (Å²) in [5.74, 6) is 1.07. The molecule has 1 saturated carbocycles. The Labute approximate surface area is 128 Å². The van der Waals surface area contributed by atoms with Crippen molar-refractivity contribution in [3.8, 4) is 6.07 Å². The number of nitrogens with one attached hydrogen (secondary N) is 1. The van der Waals surface area contributed by atoms with Crippen molar-refractivity contribution in [1.29, 1.82) is 5.26 Å². The van der Waals surface area contributed by atoms with Crippen LogP contribution in [0.4, 0.5) is 5.82 Å². The van der Waals surface area contributed by atoms with Crippen LogP contribution < -0.4 is 5.32 Å². The third-order valence-corrected chi connectivity index (χ3v) is 5.96. The van der Waals surface area contributed by atoms with Crippen LogP contribution in [0.15, 0.2) is 6.33 Å². The third-order valence-electron chi connectivity index (χ3n) is 4.76. The van der Waals surface area contributed by atoms with Crippen molar-refractivity contribution in [1.82, 2.24) is 9.97 Å². The summed E-state index contributed by atoms with van der Waals surface area (Å²) >= 11 is 1.82. The summed E-state index contributed by atoms with van der Waals surface area (Å²) in [6.45, 7) is 0. The van der Waals surface area contributed by atoms with Gasteiger partial charge in [-0.1, -0.05) is 0 Å². The molecule has 0 aliphatic heterocycles.